The van der Waals surface area contributed by atoms with E-state index in [2.05, 4.69) is 0 Å². The molecule has 0 radical (unpaired) electrons. The Hall–Kier alpha value is -2.76. The van der Waals surface area contributed by atoms with Crippen molar-refractivity contribution in [2.45, 2.75) is 5.41 Å². The van der Waals surface area contributed by atoms with Crippen molar-refractivity contribution in [3.63, 3.8) is 0 Å². The number of hydrogen-bond acceptors (Lipinski definition) is 2. The van der Waals surface area contributed by atoms with Crippen molar-refractivity contribution in [2.75, 3.05) is 0 Å². The summed E-state index contributed by atoms with van der Waals surface area (Å²) in [5.41, 5.74) is -2.69. The third-order valence-electron chi connectivity index (χ3n) is 3.20. The topological polar surface area (TPSA) is 74.6 Å². The summed E-state index contributed by atoms with van der Waals surface area (Å²) in [7, 11) is 0. The van der Waals surface area contributed by atoms with Crippen molar-refractivity contribution in [3.05, 3.63) is 71.3 Å². The fraction of sp³-hybridized carbons (Fsp3) is 0.0667. The second kappa shape index (κ2) is 5.32. The largest absolute Gasteiger partial charge is 0.480 e. The van der Waals surface area contributed by atoms with Gasteiger partial charge in [0, 0.05) is 0 Å². The standard InChI is InChI=1S/C15H10F2O4/c16-11-5-1-9(2-6-11)15(13(18)19,14(20)21)10-3-7-12(17)8-4-10/h1-8H,(H,18,19)(H,20,21). The third-order valence-corrected chi connectivity index (χ3v) is 3.20. The summed E-state index contributed by atoms with van der Waals surface area (Å²) in [6, 6.07) is 8.22. The summed E-state index contributed by atoms with van der Waals surface area (Å²) >= 11 is 0. The first-order valence-electron chi connectivity index (χ1n) is 5.88. The summed E-state index contributed by atoms with van der Waals surface area (Å²) in [5, 5.41) is 18.9. The van der Waals surface area contributed by atoms with Gasteiger partial charge < -0.3 is 10.2 Å². The molecule has 0 aliphatic rings. The van der Waals surface area contributed by atoms with Crippen LogP contribution in [-0.2, 0) is 15.0 Å². The van der Waals surface area contributed by atoms with Crippen LogP contribution in [0.25, 0.3) is 0 Å². The highest BCUT2D eigenvalue weighted by Crippen LogP contribution is 2.33. The zero-order chi connectivity index (χ0) is 15.6. The summed E-state index contributed by atoms with van der Waals surface area (Å²) in [5.74, 6) is -4.54. The van der Waals surface area contributed by atoms with Crippen LogP contribution in [0.4, 0.5) is 8.78 Å². The van der Waals surface area contributed by atoms with E-state index < -0.39 is 29.0 Å². The highest BCUT2D eigenvalue weighted by atomic mass is 19.1. The SMILES string of the molecule is O=C(O)C(C(=O)O)(c1ccc(F)cc1)c1ccc(F)cc1. The van der Waals surface area contributed by atoms with E-state index in [0.717, 1.165) is 48.5 Å². The highest BCUT2D eigenvalue weighted by Gasteiger charge is 2.50. The Morgan fingerprint density at radius 1 is 0.714 bits per heavy atom. The van der Waals surface area contributed by atoms with E-state index in [1.165, 1.54) is 0 Å². The zero-order valence-electron chi connectivity index (χ0n) is 10.6. The van der Waals surface area contributed by atoms with Crippen molar-refractivity contribution in [1.29, 1.82) is 0 Å². The molecule has 21 heavy (non-hydrogen) atoms. The lowest BCUT2D eigenvalue weighted by Crippen LogP contribution is -2.44. The molecule has 0 heterocycles. The highest BCUT2D eigenvalue weighted by molar-refractivity contribution is 6.08. The van der Waals surface area contributed by atoms with Gasteiger partial charge in [-0.15, -0.1) is 0 Å². The molecule has 4 nitrogen and oxygen atoms in total. The number of halogens is 2. The van der Waals surface area contributed by atoms with Gasteiger partial charge in [-0.3, -0.25) is 9.59 Å². The van der Waals surface area contributed by atoms with Crippen LogP contribution in [0.2, 0.25) is 0 Å². The quantitative estimate of drug-likeness (QED) is 0.849. The van der Waals surface area contributed by atoms with E-state index >= 15 is 0 Å². The number of carbonyl (C=O) groups is 2. The van der Waals surface area contributed by atoms with E-state index in [9.17, 15) is 28.6 Å². The predicted octanol–water partition coefficient (Wildman–Crippen LogP) is 2.42. The lowest BCUT2D eigenvalue weighted by atomic mass is 9.74. The second-order valence-corrected chi connectivity index (χ2v) is 4.37. The minimum absolute atomic E-state index is 0.129. The number of aliphatic carboxylic acids is 2. The van der Waals surface area contributed by atoms with E-state index in [1.807, 2.05) is 0 Å². The first kappa shape index (κ1) is 14.6. The van der Waals surface area contributed by atoms with Gasteiger partial charge in [-0.05, 0) is 35.4 Å². The van der Waals surface area contributed by atoms with Crippen LogP contribution in [0.5, 0.6) is 0 Å². The lowest BCUT2D eigenvalue weighted by Gasteiger charge is -2.26. The maximum absolute atomic E-state index is 13.0. The number of benzene rings is 2. The summed E-state index contributed by atoms with van der Waals surface area (Å²) < 4.78 is 26.0. The Morgan fingerprint density at radius 3 is 1.24 bits per heavy atom. The molecule has 2 N–H and O–H groups in total. The molecule has 0 aliphatic heterocycles. The van der Waals surface area contributed by atoms with Crippen LogP contribution in [0.1, 0.15) is 11.1 Å². The Balaban J connectivity index is 2.75. The molecule has 0 unspecified atom stereocenters. The van der Waals surface area contributed by atoms with Crippen molar-refractivity contribution in [2.24, 2.45) is 0 Å². The summed E-state index contributed by atoms with van der Waals surface area (Å²) in [4.78, 5) is 23.3. The van der Waals surface area contributed by atoms with Gasteiger partial charge in [-0.2, -0.15) is 0 Å². The van der Waals surface area contributed by atoms with Gasteiger partial charge in [0.25, 0.3) is 0 Å². The normalized spacial score (nSPS) is 11.1. The number of hydrogen-bond donors (Lipinski definition) is 2. The molecule has 0 aromatic heterocycles. The van der Waals surface area contributed by atoms with Gasteiger partial charge in [0.05, 0.1) is 0 Å². The van der Waals surface area contributed by atoms with Gasteiger partial charge in [0.2, 0.25) is 5.41 Å². The van der Waals surface area contributed by atoms with E-state index in [4.69, 9.17) is 0 Å². The molecular weight excluding hydrogens is 282 g/mol. The van der Waals surface area contributed by atoms with Crippen LogP contribution < -0.4 is 0 Å². The molecule has 0 aliphatic carbocycles. The van der Waals surface area contributed by atoms with Crippen molar-refractivity contribution < 1.29 is 28.6 Å². The molecule has 0 bridgehead atoms. The molecule has 2 aromatic rings. The predicted molar refractivity (Wildman–Crippen MR) is 68.9 cm³/mol. The lowest BCUT2D eigenvalue weighted by molar-refractivity contribution is -0.155. The second-order valence-electron chi connectivity index (χ2n) is 4.37. The smallest absolute Gasteiger partial charge is 0.330 e. The van der Waals surface area contributed by atoms with Gasteiger partial charge in [0.1, 0.15) is 11.6 Å². The van der Waals surface area contributed by atoms with Crippen LogP contribution in [0.3, 0.4) is 0 Å². The van der Waals surface area contributed by atoms with E-state index in [0.29, 0.717) is 0 Å². The average Bonchev–Trinajstić information content (AvgIpc) is 2.43. The Kier molecular flexibility index (Phi) is 3.71. The van der Waals surface area contributed by atoms with Crippen LogP contribution in [0.15, 0.2) is 48.5 Å². The van der Waals surface area contributed by atoms with Crippen molar-refractivity contribution in [3.8, 4) is 0 Å². The summed E-state index contributed by atoms with van der Waals surface area (Å²) in [6.45, 7) is 0. The first-order chi connectivity index (χ1) is 9.88. The van der Waals surface area contributed by atoms with Crippen molar-refractivity contribution >= 4 is 11.9 Å². The Bertz CT molecular complexity index is 616. The Labute approximate surface area is 118 Å². The molecule has 0 fully saturated rings. The zero-order valence-corrected chi connectivity index (χ0v) is 10.6. The number of carboxylic acid groups (broad SMARTS) is 2. The molecular formula is C15H10F2O4. The molecule has 2 aromatic carbocycles. The number of carboxylic acids is 2. The molecule has 0 amide bonds. The fourth-order valence-electron chi connectivity index (χ4n) is 2.15. The molecule has 0 atom stereocenters. The molecule has 2 rings (SSSR count). The maximum atomic E-state index is 13.0. The van der Waals surface area contributed by atoms with Gasteiger partial charge in [-0.1, -0.05) is 24.3 Å². The van der Waals surface area contributed by atoms with Gasteiger partial charge in [-0.25, -0.2) is 8.78 Å². The molecule has 0 saturated heterocycles. The van der Waals surface area contributed by atoms with Crippen molar-refractivity contribution in [1.82, 2.24) is 0 Å². The minimum Gasteiger partial charge on any atom is -0.480 e. The van der Waals surface area contributed by atoms with E-state index in [1.54, 1.807) is 0 Å². The fourth-order valence-corrected chi connectivity index (χ4v) is 2.15. The van der Waals surface area contributed by atoms with Crippen LogP contribution >= 0.6 is 0 Å². The van der Waals surface area contributed by atoms with E-state index in [-0.39, 0.29) is 11.1 Å². The molecule has 108 valence electrons. The number of rotatable bonds is 4. The summed E-state index contributed by atoms with van der Waals surface area (Å²) in [6.07, 6.45) is 0. The average molecular weight is 292 g/mol. The first-order valence-corrected chi connectivity index (χ1v) is 5.88. The monoisotopic (exact) mass is 292 g/mol. The van der Waals surface area contributed by atoms with Crippen LogP contribution in [0, 0.1) is 11.6 Å². The maximum Gasteiger partial charge on any atom is 0.330 e. The third kappa shape index (κ3) is 2.35. The van der Waals surface area contributed by atoms with Gasteiger partial charge >= 0.3 is 11.9 Å². The molecule has 0 spiro atoms. The minimum atomic E-state index is -2.43. The molecule has 0 saturated carbocycles. The Morgan fingerprint density at radius 2 is 1.00 bits per heavy atom. The molecule has 6 heteroatoms. The van der Waals surface area contributed by atoms with Crippen LogP contribution in [-0.4, -0.2) is 22.2 Å². The van der Waals surface area contributed by atoms with Gasteiger partial charge in [0.15, 0.2) is 0 Å².